The first-order valence-corrected chi connectivity index (χ1v) is 9.23. The number of rotatable bonds is 4. The summed E-state index contributed by atoms with van der Waals surface area (Å²) >= 11 is 0. The molecule has 1 fully saturated rings. The van der Waals surface area contributed by atoms with Gasteiger partial charge in [-0.2, -0.15) is 0 Å². The molecule has 0 aliphatic carbocycles. The summed E-state index contributed by atoms with van der Waals surface area (Å²) < 4.78 is 22.2. The zero-order valence-corrected chi connectivity index (χ0v) is 15.8. The summed E-state index contributed by atoms with van der Waals surface area (Å²) in [5.74, 6) is -0.735. The van der Waals surface area contributed by atoms with E-state index in [1.54, 1.807) is 32.4 Å². The molecule has 7 nitrogen and oxygen atoms in total. The molecule has 0 saturated carbocycles. The molecule has 0 radical (unpaired) electrons. The fraction of sp³-hybridized carbons (Fsp3) is 0.350. The van der Waals surface area contributed by atoms with Crippen molar-refractivity contribution in [2.75, 3.05) is 20.2 Å². The second-order valence-corrected chi connectivity index (χ2v) is 6.79. The molecule has 0 spiro atoms. The lowest BCUT2D eigenvalue weighted by Crippen LogP contribution is -2.32. The Morgan fingerprint density at radius 2 is 2.18 bits per heavy atom. The van der Waals surface area contributed by atoms with Gasteiger partial charge in [-0.1, -0.05) is 0 Å². The number of imidazole rings is 1. The molecule has 1 aliphatic heterocycles. The van der Waals surface area contributed by atoms with Crippen LogP contribution in [0.1, 0.15) is 29.7 Å². The van der Waals surface area contributed by atoms with Crippen molar-refractivity contribution in [3.05, 3.63) is 58.4 Å². The number of nitrogens with zero attached hydrogens (tertiary/aromatic N) is 4. The molecule has 1 saturated heterocycles. The molecule has 146 valence electrons. The third-order valence-electron chi connectivity index (χ3n) is 5.25. The number of hydrogen-bond acceptors (Lipinski definition) is 4. The minimum absolute atomic E-state index is 0.0980. The number of fused-ring (bicyclic) bond motifs is 1. The van der Waals surface area contributed by atoms with E-state index < -0.39 is 5.82 Å². The van der Waals surface area contributed by atoms with Crippen molar-refractivity contribution in [1.82, 2.24) is 19.0 Å². The van der Waals surface area contributed by atoms with Crippen LogP contribution in [0, 0.1) is 5.82 Å². The number of pyridine rings is 1. The lowest BCUT2D eigenvalue weighted by Gasteiger charge is -2.17. The van der Waals surface area contributed by atoms with Crippen LogP contribution in [-0.2, 0) is 6.54 Å². The Morgan fingerprint density at radius 1 is 1.36 bits per heavy atom. The van der Waals surface area contributed by atoms with Crippen LogP contribution in [0.3, 0.4) is 0 Å². The summed E-state index contributed by atoms with van der Waals surface area (Å²) in [4.78, 5) is 31.7. The zero-order chi connectivity index (χ0) is 19.8. The molecule has 0 N–H and O–H groups in total. The summed E-state index contributed by atoms with van der Waals surface area (Å²) in [6.07, 6.45) is 2.31. The lowest BCUT2D eigenvalue weighted by atomic mass is 10.2. The van der Waals surface area contributed by atoms with E-state index in [0.717, 1.165) is 5.52 Å². The number of ether oxygens (including phenoxy) is 1. The van der Waals surface area contributed by atoms with Crippen LogP contribution in [0.4, 0.5) is 4.39 Å². The highest BCUT2D eigenvalue weighted by Crippen LogP contribution is 2.26. The molecule has 2 aromatic heterocycles. The van der Waals surface area contributed by atoms with E-state index in [1.165, 1.54) is 19.2 Å². The molecular weight excluding hydrogens is 363 g/mol. The van der Waals surface area contributed by atoms with Crippen molar-refractivity contribution in [2.24, 2.45) is 0 Å². The second-order valence-electron chi connectivity index (χ2n) is 6.79. The van der Waals surface area contributed by atoms with E-state index in [0.29, 0.717) is 31.7 Å². The molecule has 1 aromatic carbocycles. The van der Waals surface area contributed by atoms with Crippen LogP contribution < -0.4 is 10.4 Å². The first kappa shape index (κ1) is 18.2. The van der Waals surface area contributed by atoms with E-state index in [-0.39, 0.29) is 29.0 Å². The minimum atomic E-state index is -0.574. The van der Waals surface area contributed by atoms with Gasteiger partial charge in [-0.3, -0.25) is 13.9 Å². The number of carbonyl (C=O) groups is 1. The number of amides is 1. The van der Waals surface area contributed by atoms with E-state index in [2.05, 4.69) is 4.98 Å². The van der Waals surface area contributed by atoms with E-state index in [1.807, 2.05) is 13.0 Å². The van der Waals surface area contributed by atoms with Gasteiger partial charge in [-0.05, 0) is 43.7 Å². The Morgan fingerprint density at radius 3 is 2.89 bits per heavy atom. The second kappa shape index (κ2) is 7.10. The molecule has 1 unspecified atom stereocenters. The maximum atomic E-state index is 14.0. The largest absolute Gasteiger partial charge is 0.494 e. The van der Waals surface area contributed by atoms with Gasteiger partial charge in [0.05, 0.1) is 18.7 Å². The van der Waals surface area contributed by atoms with Crippen LogP contribution in [0.15, 0.2) is 41.3 Å². The van der Waals surface area contributed by atoms with Gasteiger partial charge in [-0.25, -0.2) is 14.2 Å². The van der Waals surface area contributed by atoms with Crippen LogP contribution in [-0.4, -0.2) is 45.1 Å². The maximum Gasteiger partial charge on any atom is 0.330 e. The van der Waals surface area contributed by atoms with Gasteiger partial charge in [-0.15, -0.1) is 0 Å². The SMILES string of the molecule is CCn1c(=O)n(C2CCN(C(=O)c3ccc(OC)c(F)c3)C2)c2ncccc21. The number of methoxy groups -OCH3 is 1. The Balaban J connectivity index is 1.62. The highest BCUT2D eigenvalue weighted by Gasteiger charge is 2.31. The number of carbonyl (C=O) groups excluding carboxylic acids is 1. The van der Waals surface area contributed by atoms with Gasteiger partial charge >= 0.3 is 5.69 Å². The Hall–Kier alpha value is -3.16. The Labute approximate surface area is 161 Å². The lowest BCUT2D eigenvalue weighted by molar-refractivity contribution is 0.0787. The first-order chi connectivity index (χ1) is 13.5. The predicted molar refractivity (Wildman–Crippen MR) is 102 cm³/mol. The van der Waals surface area contributed by atoms with Gasteiger partial charge in [0.1, 0.15) is 0 Å². The quantitative estimate of drug-likeness (QED) is 0.693. The average Bonchev–Trinajstić information content (AvgIpc) is 3.29. The summed E-state index contributed by atoms with van der Waals surface area (Å²) in [6.45, 7) is 3.34. The van der Waals surface area contributed by atoms with Crippen molar-refractivity contribution in [2.45, 2.75) is 25.9 Å². The smallest absolute Gasteiger partial charge is 0.330 e. The number of benzene rings is 1. The van der Waals surface area contributed by atoms with Crippen LogP contribution >= 0.6 is 0 Å². The highest BCUT2D eigenvalue weighted by molar-refractivity contribution is 5.94. The van der Waals surface area contributed by atoms with Gasteiger partial charge < -0.3 is 9.64 Å². The molecule has 3 aromatic rings. The average molecular weight is 384 g/mol. The molecule has 0 bridgehead atoms. The van der Waals surface area contributed by atoms with Gasteiger partial charge in [0.2, 0.25) is 0 Å². The Bertz CT molecular complexity index is 1100. The third kappa shape index (κ3) is 2.85. The number of likely N-dealkylation sites (tertiary alicyclic amines) is 1. The van der Waals surface area contributed by atoms with Crippen LogP contribution in [0.2, 0.25) is 0 Å². The van der Waals surface area contributed by atoms with Gasteiger partial charge in [0.25, 0.3) is 5.91 Å². The molecule has 1 amide bonds. The fourth-order valence-electron chi connectivity index (χ4n) is 3.86. The Kier molecular flexibility index (Phi) is 4.62. The van der Waals surface area contributed by atoms with Crippen molar-refractivity contribution >= 4 is 17.1 Å². The van der Waals surface area contributed by atoms with E-state index in [9.17, 15) is 14.0 Å². The normalized spacial score (nSPS) is 16.7. The molecule has 3 heterocycles. The standard InChI is InChI=1S/C20H21FN4O3/c1-3-24-16-5-4-9-22-18(16)25(20(24)27)14-8-10-23(12-14)19(26)13-6-7-17(28-2)15(21)11-13/h4-7,9,11,14H,3,8,10,12H2,1-2H3. The van der Waals surface area contributed by atoms with Gasteiger partial charge in [0, 0.05) is 31.4 Å². The summed E-state index contributed by atoms with van der Waals surface area (Å²) in [5, 5.41) is 0. The van der Waals surface area contributed by atoms with Gasteiger partial charge in [0.15, 0.2) is 17.2 Å². The fourth-order valence-corrected chi connectivity index (χ4v) is 3.86. The van der Waals surface area contributed by atoms with Crippen molar-refractivity contribution in [1.29, 1.82) is 0 Å². The molecule has 1 atom stereocenters. The summed E-state index contributed by atoms with van der Waals surface area (Å²) in [7, 11) is 1.38. The summed E-state index contributed by atoms with van der Waals surface area (Å²) in [5.41, 5.74) is 1.56. The van der Waals surface area contributed by atoms with Crippen molar-refractivity contribution in [3.8, 4) is 5.75 Å². The monoisotopic (exact) mass is 384 g/mol. The van der Waals surface area contributed by atoms with Crippen molar-refractivity contribution < 1.29 is 13.9 Å². The maximum absolute atomic E-state index is 14.0. The van der Waals surface area contributed by atoms with E-state index in [4.69, 9.17) is 4.74 Å². The molecule has 4 rings (SSSR count). The molecular formula is C20H21FN4O3. The number of halogens is 1. The predicted octanol–water partition coefficient (Wildman–Crippen LogP) is 2.45. The van der Waals surface area contributed by atoms with Crippen LogP contribution in [0.25, 0.3) is 11.2 Å². The topological polar surface area (TPSA) is 69.4 Å². The molecule has 8 heteroatoms. The van der Waals surface area contributed by atoms with E-state index >= 15 is 0 Å². The zero-order valence-electron chi connectivity index (χ0n) is 15.8. The highest BCUT2D eigenvalue weighted by atomic mass is 19.1. The molecule has 28 heavy (non-hydrogen) atoms. The van der Waals surface area contributed by atoms with Crippen molar-refractivity contribution in [3.63, 3.8) is 0 Å². The summed E-state index contributed by atoms with van der Waals surface area (Å²) in [6, 6.07) is 7.70. The van der Waals surface area contributed by atoms with Crippen LogP contribution in [0.5, 0.6) is 5.75 Å². The number of aromatic nitrogens is 3. The minimum Gasteiger partial charge on any atom is -0.494 e. The third-order valence-corrected chi connectivity index (χ3v) is 5.25. The number of aryl methyl sites for hydroxylation is 1. The number of hydrogen-bond donors (Lipinski definition) is 0. The first-order valence-electron chi connectivity index (χ1n) is 9.23. The molecule has 1 aliphatic rings.